The molecule has 0 unspecified atom stereocenters. The van der Waals surface area contributed by atoms with E-state index < -0.39 is 0 Å². The smallest absolute Gasteiger partial charge is 0.348 e. The SMILES string of the molecule is CCc1cccc(NC(=S)Nc2cc(C)c(C(=O)OC)s2)c1. The first-order chi connectivity index (χ1) is 10.5. The highest BCUT2D eigenvalue weighted by atomic mass is 32.1. The predicted octanol–water partition coefficient (Wildman–Crippen LogP) is 4.21. The van der Waals surface area contributed by atoms with E-state index in [1.54, 1.807) is 0 Å². The second-order valence-electron chi connectivity index (χ2n) is 4.75. The van der Waals surface area contributed by atoms with Crippen molar-refractivity contribution in [3.05, 3.63) is 46.3 Å². The number of carbonyl (C=O) groups is 1. The normalized spacial score (nSPS) is 10.1. The van der Waals surface area contributed by atoms with E-state index in [1.165, 1.54) is 24.0 Å². The molecule has 0 amide bonds. The van der Waals surface area contributed by atoms with E-state index in [0.29, 0.717) is 9.99 Å². The Hall–Kier alpha value is -1.92. The lowest BCUT2D eigenvalue weighted by Gasteiger charge is -2.09. The number of esters is 1. The molecule has 4 nitrogen and oxygen atoms in total. The molecular weight excluding hydrogens is 316 g/mol. The molecule has 1 heterocycles. The maximum absolute atomic E-state index is 11.6. The number of nitrogens with one attached hydrogen (secondary N) is 2. The maximum Gasteiger partial charge on any atom is 0.348 e. The van der Waals surface area contributed by atoms with Crippen LogP contribution in [0.25, 0.3) is 0 Å². The van der Waals surface area contributed by atoms with E-state index in [-0.39, 0.29) is 5.97 Å². The number of aryl methyl sites for hydroxylation is 2. The van der Waals surface area contributed by atoms with Crippen LogP contribution in [0.5, 0.6) is 0 Å². The summed E-state index contributed by atoms with van der Waals surface area (Å²) in [6, 6.07) is 9.98. The number of rotatable bonds is 4. The number of thiophene rings is 1. The highest BCUT2D eigenvalue weighted by molar-refractivity contribution is 7.80. The average molecular weight is 334 g/mol. The Kier molecular flexibility index (Phi) is 5.51. The first-order valence-electron chi connectivity index (χ1n) is 6.89. The van der Waals surface area contributed by atoms with Crippen LogP contribution in [-0.2, 0) is 11.2 Å². The van der Waals surface area contributed by atoms with Crippen LogP contribution in [-0.4, -0.2) is 18.2 Å². The van der Waals surface area contributed by atoms with Gasteiger partial charge < -0.3 is 15.4 Å². The Labute approximate surface area is 139 Å². The third kappa shape index (κ3) is 4.05. The summed E-state index contributed by atoms with van der Waals surface area (Å²) in [6.45, 7) is 3.98. The number of methoxy groups -OCH3 is 1. The molecule has 0 radical (unpaired) electrons. The van der Waals surface area contributed by atoms with Crippen LogP contribution in [0.2, 0.25) is 0 Å². The lowest BCUT2D eigenvalue weighted by Crippen LogP contribution is -2.18. The molecular formula is C16H18N2O2S2. The van der Waals surface area contributed by atoms with Crippen LogP contribution < -0.4 is 10.6 Å². The van der Waals surface area contributed by atoms with Crippen molar-refractivity contribution in [2.75, 3.05) is 17.7 Å². The molecule has 0 saturated carbocycles. The minimum absolute atomic E-state index is 0.329. The summed E-state index contributed by atoms with van der Waals surface area (Å²) in [5.74, 6) is -0.329. The van der Waals surface area contributed by atoms with Gasteiger partial charge in [0.1, 0.15) is 4.88 Å². The minimum atomic E-state index is -0.329. The molecule has 0 aliphatic rings. The first kappa shape index (κ1) is 16.5. The first-order valence-corrected chi connectivity index (χ1v) is 8.11. The summed E-state index contributed by atoms with van der Waals surface area (Å²) in [6.07, 6.45) is 0.975. The minimum Gasteiger partial charge on any atom is -0.465 e. The van der Waals surface area contributed by atoms with Gasteiger partial charge in [-0.15, -0.1) is 11.3 Å². The summed E-state index contributed by atoms with van der Waals surface area (Å²) < 4.78 is 4.75. The zero-order valence-corrected chi connectivity index (χ0v) is 14.4. The van der Waals surface area contributed by atoms with Crippen LogP contribution in [0.4, 0.5) is 10.7 Å². The lowest BCUT2D eigenvalue weighted by molar-refractivity contribution is 0.0605. The van der Waals surface area contributed by atoms with E-state index >= 15 is 0 Å². The number of hydrogen-bond donors (Lipinski definition) is 2. The molecule has 0 atom stereocenters. The monoisotopic (exact) mass is 334 g/mol. The van der Waals surface area contributed by atoms with Crippen molar-refractivity contribution in [2.45, 2.75) is 20.3 Å². The van der Waals surface area contributed by atoms with Gasteiger partial charge in [0.05, 0.1) is 12.1 Å². The van der Waals surface area contributed by atoms with Gasteiger partial charge >= 0.3 is 5.97 Å². The van der Waals surface area contributed by atoms with Gasteiger partial charge in [0.2, 0.25) is 0 Å². The van der Waals surface area contributed by atoms with Crippen molar-refractivity contribution in [3.8, 4) is 0 Å². The molecule has 6 heteroatoms. The number of hydrogen-bond acceptors (Lipinski definition) is 4. The molecule has 116 valence electrons. The van der Waals surface area contributed by atoms with Gasteiger partial charge in [-0.3, -0.25) is 0 Å². The summed E-state index contributed by atoms with van der Waals surface area (Å²) in [7, 11) is 1.38. The molecule has 2 N–H and O–H groups in total. The topological polar surface area (TPSA) is 50.4 Å². The zero-order chi connectivity index (χ0) is 16.1. The largest absolute Gasteiger partial charge is 0.465 e. The second-order valence-corrected chi connectivity index (χ2v) is 6.21. The van der Waals surface area contributed by atoms with E-state index in [4.69, 9.17) is 17.0 Å². The molecule has 22 heavy (non-hydrogen) atoms. The van der Waals surface area contributed by atoms with Gasteiger partial charge in [0.15, 0.2) is 5.11 Å². The zero-order valence-electron chi connectivity index (χ0n) is 12.7. The van der Waals surface area contributed by atoms with Crippen LogP contribution in [0, 0.1) is 6.92 Å². The fraction of sp³-hybridized carbons (Fsp3) is 0.250. The van der Waals surface area contributed by atoms with E-state index in [0.717, 1.165) is 22.7 Å². The third-order valence-corrected chi connectivity index (χ3v) is 4.46. The fourth-order valence-electron chi connectivity index (χ4n) is 1.98. The van der Waals surface area contributed by atoms with Gasteiger partial charge in [-0.25, -0.2) is 4.79 Å². The van der Waals surface area contributed by atoms with Crippen molar-refractivity contribution in [1.29, 1.82) is 0 Å². The molecule has 0 aliphatic carbocycles. The van der Waals surface area contributed by atoms with Crippen LogP contribution >= 0.6 is 23.6 Å². The van der Waals surface area contributed by atoms with Crippen molar-refractivity contribution < 1.29 is 9.53 Å². The van der Waals surface area contributed by atoms with Gasteiger partial charge in [-0.1, -0.05) is 19.1 Å². The Bertz CT molecular complexity index is 695. The Balaban J connectivity index is 2.04. The van der Waals surface area contributed by atoms with Gasteiger partial charge in [-0.2, -0.15) is 0 Å². The fourth-order valence-corrected chi connectivity index (χ4v) is 3.27. The molecule has 0 aliphatic heterocycles. The highest BCUT2D eigenvalue weighted by Gasteiger charge is 2.14. The van der Waals surface area contributed by atoms with Crippen LogP contribution in [0.15, 0.2) is 30.3 Å². The molecule has 0 fully saturated rings. The van der Waals surface area contributed by atoms with Gasteiger partial charge in [0.25, 0.3) is 0 Å². The number of benzene rings is 1. The molecule has 1 aromatic carbocycles. The van der Waals surface area contributed by atoms with Crippen molar-refractivity contribution in [3.63, 3.8) is 0 Å². The third-order valence-electron chi connectivity index (χ3n) is 3.12. The van der Waals surface area contributed by atoms with Crippen LogP contribution in [0.3, 0.4) is 0 Å². The predicted molar refractivity (Wildman–Crippen MR) is 96.1 cm³/mol. The molecule has 1 aromatic heterocycles. The maximum atomic E-state index is 11.6. The van der Waals surface area contributed by atoms with Crippen LogP contribution in [0.1, 0.15) is 27.7 Å². The molecule has 0 saturated heterocycles. The molecule has 0 bridgehead atoms. The molecule has 0 spiro atoms. The van der Waals surface area contributed by atoms with Gasteiger partial charge in [0, 0.05) is 5.69 Å². The highest BCUT2D eigenvalue weighted by Crippen LogP contribution is 2.27. The quantitative estimate of drug-likeness (QED) is 0.648. The molecule has 2 rings (SSSR count). The summed E-state index contributed by atoms with van der Waals surface area (Å²) >= 11 is 6.64. The average Bonchev–Trinajstić information content (AvgIpc) is 2.86. The van der Waals surface area contributed by atoms with Gasteiger partial charge in [-0.05, 0) is 54.9 Å². The van der Waals surface area contributed by atoms with Crippen molar-refractivity contribution in [1.82, 2.24) is 0 Å². The Morgan fingerprint density at radius 2 is 2.09 bits per heavy atom. The number of anilines is 2. The Morgan fingerprint density at radius 1 is 1.32 bits per heavy atom. The summed E-state index contributed by atoms with van der Waals surface area (Å²) in [5.41, 5.74) is 3.06. The van der Waals surface area contributed by atoms with E-state index in [1.807, 2.05) is 25.1 Å². The van der Waals surface area contributed by atoms with Crippen molar-refractivity contribution in [2.24, 2.45) is 0 Å². The van der Waals surface area contributed by atoms with E-state index in [2.05, 4.69) is 29.7 Å². The Morgan fingerprint density at radius 3 is 2.77 bits per heavy atom. The summed E-state index contributed by atoms with van der Waals surface area (Å²) in [5, 5.41) is 7.55. The number of thiocarbonyl (C=S) groups is 1. The van der Waals surface area contributed by atoms with Crippen molar-refractivity contribution >= 4 is 45.3 Å². The number of ether oxygens (including phenoxy) is 1. The number of carbonyl (C=O) groups excluding carboxylic acids is 1. The second kappa shape index (κ2) is 7.38. The van der Waals surface area contributed by atoms with E-state index in [9.17, 15) is 4.79 Å². The summed E-state index contributed by atoms with van der Waals surface area (Å²) in [4.78, 5) is 12.2. The molecule has 2 aromatic rings. The lowest BCUT2D eigenvalue weighted by atomic mass is 10.1. The standard InChI is InChI=1S/C16H18N2O2S2/c1-4-11-6-5-7-12(9-11)17-16(21)18-13-8-10(2)14(22-13)15(19)20-3/h5-9H,4H2,1-3H3,(H2,17,18,21).